The van der Waals surface area contributed by atoms with Crippen LogP contribution in [0.2, 0.25) is 5.15 Å². The Hall–Kier alpha value is -2.80. The van der Waals surface area contributed by atoms with E-state index in [9.17, 15) is 31.1 Å². The molecule has 35 heavy (non-hydrogen) atoms. The predicted octanol–water partition coefficient (Wildman–Crippen LogP) is 4.43. The molecule has 0 bridgehead atoms. The van der Waals surface area contributed by atoms with E-state index in [0.717, 1.165) is 4.90 Å². The Morgan fingerprint density at radius 3 is 2.14 bits per heavy atom. The van der Waals surface area contributed by atoms with Gasteiger partial charge in [-0.3, -0.25) is 4.79 Å². The number of benzene rings is 1. The number of rotatable bonds is 3. The monoisotopic (exact) mass is 524 g/mol. The summed E-state index contributed by atoms with van der Waals surface area (Å²) in [6.07, 6.45) is -9.72. The number of ether oxygens (including phenoxy) is 2. The maximum Gasteiger partial charge on any atom is 0.416 e. The maximum atomic E-state index is 13.3. The minimum absolute atomic E-state index is 0.0113. The molecule has 190 valence electrons. The van der Waals surface area contributed by atoms with Crippen LogP contribution in [0.5, 0.6) is 5.88 Å². The molecule has 0 saturated carbocycles. The first-order valence-corrected chi connectivity index (χ1v) is 10.9. The van der Waals surface area contributed by atoms with Gasteiger partial charge in [0.2, 0.25) is 11.8 Å². The third kappa shape index (κ3) is 5.72. The summed E-state index contributed by atoms with van der Waals surface area (Å²) in [6.45, 7) is 1.48. The number of carbonyl (C=O) groups is 1. The lowest BCUT2D eigenvalue weighted by Crippen LogP contribution is -2.38. The molecule has 1 fully saturated rings. The molecule has 14 heteroatoms. The molecule has 7 nitrogen and oxygen atoms in total. The van der Waals surface area contributed by atoms with E-state index in [1.54, 1.807) is 4.90 Å². The first kappa shape index (κ1) is 25.3. The highest BCUT2D eigenvalue weighted by Crippen LogP contribution is 2.37. The zero-order chi connectivity index (χ0) is 25.4. The van der Waals surface area contributed by atoms with Crippen molar-refractivity contribution in [1.29, 1.82) is 0 Å². The molecule has 2 aliphatic rings. The summed E-state index contributed by atoms with van der Waals surface area (Å²) in [5, 5.41) is -0.228. The van der Waals surface area contributed by atoms with E-state index in [-0.39, 0.29) is 53.7 Å². The van der Waals surface area contributed by atoms with Gasteiger partial charge in [-0.05, 0) is 30.2 Å². The summed E-state index contributed by atoms with van der Waals surface area (Å²) < 4.78 is 90.3. The lowest BCUT2D eigenvalue weighted by molar-refractivity contribution is -0.143. The van der Waals surface area contributed by atoms with Gasteiger partial charge in [-0.2, -0.15) is 36.3 Å². The number of aromatic nitrogens is 2. The zero-order valence-electron chi connectivity index (χ0n) is 18.0. The van der Waals surface area contributed by atoms with Gasteiger partial charge in [0.05, 0.1) is 30.9 Å². The van der Waals surface area contributed by atoms with Crippen molar-refractivity contribution >= 4 is 23.5 Å². The molecule has 0 atom stereocenters. The average Bonchev–Trinajstić information content (AvgIpc) is 2.78. The lowest BCUT2D eigenvalue weighted by Gasteiger charge is -2.29. The van der Waals surface area contributed by atoms with Crippen molar-refractivity contribution in [2.75, 3.05) is 44.4 Å². The average molecular weight is 525 g/mol. The Morgan fingerprint density at radius 1 is 0.914 bits per heavy atom. The Bertz CT molecular complexity index is 1070. The van der Waals surface area contributed by atoms with Gasteiger partial charge < -0.3 is 19.3 Å². The van der Waals surface area contributed by atoms with Gasteiger partial charge in [-0.1, -0.05) is 11.6 Å². The second kappa shape index (κ2) is 9.69. The molecule has 0 radical (unpaired) electrons. The van der Waals surface area contributed by atoms with E-state index in [2.05, 4.69) is 9.97 Å². The van der Waals surface area contributed by atoms with Crippen molar-refractivity contribution in [3.05, 3.63) is 45.6 Å². The second-order valence-electron chi connectivity index (χ2n) is 7.94. The Labute approximate surface area is 200 Å². The molecule has 1 aromatic heterocycles. The Balaban J connectivity index is 1.67. The Kier molecular flexibility index (Phi) is 7.00. The van der Waals surface area contributed by atoms with Gasteiger partial charge >= 0.3 is 12.4 Å². The molecule has 0 N–H and O–H groups in total. The first-order valence-electron chi connectivity index (χ1n) is 10.5. The fraction of sp³-hybridized carbons (Fsp3) is 0.476. The lowest BCUT2D eigenvalue weighted by atomic mass is 10.0. The fourth-order valence-corrected chi connectivity index (χ4v) is 4.00. The third-order valence-corrected chi connectivity index (χ3v) is 5.72. The number of anilines is 1. The number of amides is 1. The summed E-state index contributed by atoms with van der Waals surface area (Å²) in [4.78, 5) is 24.6. The molecular weight excluding hydrogens is 506 g/mol. The number of morpholine rings is 1. The summed E-state index contributed by atoms with van der Waals surface area (Å²) >= 11 is 6.29. The smallest absolute Gasteiger partial charge is 0.416 e. The molecule has 4 rings (SSSR count). The van der Waals surface area contributed by atoms with Crippen molar-refractivity contribution in [2.45, 2.75) is 25.3 Å². The minimum Gasteiger partial charge on any atom is -0.477 e. The second-order valence-corrected chi connectivity index (χ2v) is 8.29. The van der Waals surface area contributed by atoms with E-state index >= 15 is 0 Å². The standard InChI is InChI=1S/C21H19ClF6N4O3/c22-16-15-17(30-19(29-16)31-3-6-34-7-4-31)35-5-1-2-32(18(15)33)11-12-8-13(20(23,24)25)10-14(9-12)21(26,27)28/h8-10H,1-7,11H2. The summed E-state index contributed by atoms with van der Waals surface area (Å²) in [6, 6.07) is 1.23. The van der Waals surface area contributed by atoms with Gasteiger partial charge in [-0.25, -0.2) is 0 Å². The van der Waals surface area contributed by atoms with Crippen LogP contribution in [0.4, 0.5) is 32.3 Å². The largest absolute Gasteiger partial charge is 0.477 e. The summed E-state index contributed by atoms with van der Waals surface area (Å²) in [7, 11) is 0. The van der Waals surface area contributed by atoms with Crippen molar-refractivity contribution in [3.8, 4) is 5.88 Å². The number of alkyl halides is 6. The highest BCUT2D eigenvalue weighted by atomic mass is 35.5. The number of hydrogen-bond donors (Lipinski definition) is 0. The first-order chi connectivity index (χ1) is 16.4. The molecule has 1 aromatic carbocycles. The molecule has 3 heterocycles. The van der Waals surface area contributed by atoms with E-state index in [0.29, 0.717) is 38.4 Å². The quantitative estimate of drug-likeness (QED) is 0.437. The fourth-order valence-electron chi connectivity index (χ4n) is 3.76. The molecule has 2 aliphatic heterocycles. The molecule has 1 amide bonds. The topological polar surface area (TPSA) is 67.8 Å². The van der Waals surface area contributed by atoms with Crippen molar-refractivity contribution in [3.63, 3.8) is 0 Å². The minimum atomic E-state index is -5.00. The number of carbonyl (C=O) groups excluding carboxylic acids is 1. The van der Waals surface area contributed by atoms with Crippen molar-refractivity contribution < 1.29 is 40.6 Å². The molecule has 1 saturated heterocycles. The molecule has 0 spiro atoms. The highest BCUT2D eigenvalue weighted by Gasteiger charge is 2.37. The molecule has 0 aliphatic carbocycles. The van der Waals surface area contributed by atoms with Crippen LogP contribution in [0.1, 0.15) is 33.5 Å². The maximum absolute atomic E-state index is 13.3. The van der Waals surface area contributed by atoms with Crippen LogP contribution in [0.15, 0.2) is 18.2 Å². The van der Waals surface area contributed by atoms with Gasteiger partial charge in [0.1, 0.15) is 5.56 Å². The van der Waals surface area contributed by atoms with Crippen molar-refractivity contribution in [1.82, 2.24) is 14.9 Å². The number of hydrogen-bond acceptors (Lipinski definition) is 6. The van der Waals surface area contributed by atoms with Crippen LogP contribution in [-0.2, 0) is 23.6 Å². The van der Waals surface area contributed by atoms with Crippen LogP contribution in [-0.4, -0.2) is 60.2 Å². The number of nitrogens with zero attached hydrogens (tertiary/aromatic N) is 4. The summed E-state index contributed by atoms with van der Waals surface area (Å²) in [5.41, 5.74) is -3.44. The van der Waals surface area contributed by atoms with Gasteiger partial charge in [0.15, 0.2) is 5.15 Å². The van der Waals surface area contributed by atoms with Crippen LogP contribution in [0.25, 0.3) is 0 Å². The van der Waals surface area contributed by atoms with E-state index in [4.69, 9.17) is 21.1 Å². The van der Waals surface area contributed by atoms with Gasteiger partial charge in [0, 0.05) is 26.2 Å². The molecule has 2 aromatic rings. The summed E-state index contributed by atoms with van der Waals surface area (Å²) in [5.74, 6) is -0.630. The SMILES string of the molecule is O=C1c2c(Cl)nc(N3CCOCC3)nc2OCCCN1Cc1cc(C(F)(F)F)cc(C(F)(F)F)c1. The normalized spacial score (nSPS) is 17.5. The van der Waals surface area contributed by atoms with E-state index < -0.39 is 35.9 Å². The molecule has 0 unspecified atom stereocenters. The van der Waals surface area contributed by atoms with Gasteiger partial charge in [-0.15, -0.1) is 0 Å². The van der Waals surface area contributed by atoms with Crippen molar-refractivity contribution in [2.24, 2.45) is 0 Å². The van der Waals surface area contributed by atoms with Crippen LogP contribution >= 0.6 is 11.6 Å². The highest BCUT2D eigenvalue weighted by molar-refractivity contribution is 6.33. The number of fused-ring (bicyclic) bond motifs is 1. The van der Waals surface area contributed by atoms with E-state index in [1.165, 1.54) is 0 Å². The predicted molar refractivity (Wildman–Crippen MR) is 111 cm³/mol. The molecular formula is C21H19ClF6N4O3. The Morgan fingerprint density at radius 2 is 1.54 bits per heavy atom. The number of halogens is 7. The van der Waals surface area contributed by atoms with Gasteiger partial charge in [0.25, 0.3) is 5.91 Å². The zero-order valence-corrected chi connectivity index (χ0v) is 18.8. The van der Waals surface area contributed by atoms with Crippen LogP contribution in [0.3, 0.4) is 0 Å². The van der Waals surface area contributed by atoms with Crippen LogP contribution in [0, 0.1) is 0 Å². The van der Waals surface area contributed by atoms with Crippen LogP contribution < -0.4 is 9.64 Å². The third-order valence-electron chi connectivity index (χ3n) is 5.45. The van der Waals surface area contributed by atoms with E-state index in [1.807, 2.05) is 0 Å².